The minimum Gasteiger partial charge on any atom is -0.508 e. The Bertz CT molecular complexity index is 2230. The molecule has 10 nitrogen and oxygen atoms in total. The quantitative estimate of drug-likeness (QED) is 0.161. The molecule has 0 aliphatic carbocycles. The second-order valence-corrected chi connectivity index (χ2v) is 10.3. The first-order valence-corrected chi connectivity index (χ1v) is 14.4. The third kappa shape index (κ3) is 6.51. The predicted octanol–water partition coefficient (Wildman–Crippen LogP) is 6.17. The summed E-state index contributed by atoms with van der Waals surface area (Å²) in [6.45, 7) is 4.56. The molecule has 0 saturated heterocycles. The lowest BCUT2D eigenvalue weighted by molar-refractivity contribution is 0.0526. The maximum absolute atomic E-state index is 12.4. The van der Waals surface area contributed by atoms with E-state index in [4.69, 9.17) is 9.84 Å². The Balaban J connectivity index is 0.000000181. The molecule has 0 atom stereocenters. The highest BCUT2D eigenvalue weighted by Crippen LogP contribution is 2.26. The highest BCUT2D eigenvalue weighted by Gasteiger charge is 2.13. The zero-order chi connectivity index (χ0) is 33.0. The summed E-state index contributed by atoms with van der Waals surface area (Å²) < 4.78 is 6.87. The molecule has 10 heteroatoms. The molecule has 46 heavy (non-hydrogen) atoms. The molecule has 2 aromatic heterocycles. The number of carbonyl (C=O) groups excluding carboxylic acids is 1. The summed E-state index contributed by atoms with van der Waals surface area (Å²) in [5.41, 5.74) is 3.98. The molecule has 0 amide bonds. The molecule has 0 fully saturated rings. The Morgan fingerprint density at radius 2 is 1.37 bits per heavy atom. The van der Waals surface area contributed by atoms with Gasteiger partial charge in [0.05, 0.1) is 28.9 Å². The lowest BCUT2D eigenvalue weighted by Gasteiger charge is -2.16. The van der Waals surface area contributed by atoms with Crippen LogP contribution >= 0.6 is 0 Å². The summed E-state index contributed by atoms with van der Waals surface area (Å²) in [5.74, 6) is -1.27. The van der Waals surface area contributed by atoms with Crippen LogP contribution in [0.4, 0.5) is 0 Å². The van der Waals surface area contributed by atoms with Gasteiger partial charge in [0.2, 0.25) is 0 Å². The van der Waals surface area contributed by atoms with Gasteiger partial charge in [-0.15, -0.1) is 0 Å². The number of aromatic hydroxyl groups is 2. The number of ether oxygens (including phenoxy) is 1. The highest BCUT2D eigenvalue weighted by molar-refractivity contribution is 5.95. The van der Waals surface area contributed by atoms with Crippen LogP contribution in [0.3, 0.4) is 0 Å². The fraction of sp³-hybridized carbons (Fsp3) is 0.111. The minimum absolute atomic E-state index is 0.0855. The maximum Gasteiger partial charge on any atom is 0.338 e. The van der Waals surface area contributed by atoms with Gasteiger partial charge in [0.15, 0.2) is 10.9 Å². The zero-order valence-electron chi connectivity index (χ0n) is 25.0. The van der Waals surface area contributed by atoms with Gasteiger partial charge in [-0.2, -0.15) is 0 Å². The number of aryl methyl sites for hydroxylation is 1. The Hall–Kier alpha value is -6.16. The topological polar surface area (TPSA) is 159 Å². The van der Waals surface area contributed by atoms with Gasteiger partial charge in [-0.25, -0.2) is 9.59 Å². The molecule has 6 rings (SSSR count). The first kappa shape index (κ1) is 31.3. The number of aromatic amines is 1. The molecule has 0 saturated carbocycles. The number of hydrogen-bond donors (Lipinski definition) is 4. The third-order valence-electron chi connectivity index (χ3n) is 7.31. The van der Waals surface area contributed by atoms with E-state index in [0.29, 0.717) is 50.9 Å². The normalized spacial score (nSPS) is 10.7. The second kappa shape index (κ2) is 13.2. The molecule has 4 aromatic carbocycles. The van der Waals surface area contributed by atoms with Crippen molar-refractivity contribution in [1.82, 2.24) is 9.55 Å². The number of esters is 1. The lowest BCUT2D eigenvalue weighted by atomic mass is 10.1. The number of fused-ring (bicyclic) bond motifs is 2. The standard InChI is InChI=1S/2C18H15NO4/c1-2-23-18(22)12-6-7-15-14(9-12)17(21)10-16(19-15)11-4-3-5-13(20)8-11;1-2-19-15-7-6-12(18(22)23)9-14(15)17(21)10-16(19)11-4-3-5-13(20)8-11/h3-10,20H,2H2,1H3,(H,19,21);3-10,20H,2H2,1H3,(H,22,23). The van der Waals surface area contributed by atoms with Crippen LogP contribution in [0.1, 0.15) is 34.6 Å². The summed E-state index contributed by atoms with van der Waals surface area (Å²) in [6, 6.07) is 25.6. The van der Waals surface area contributed by atoms with Gasteiger partial charge in [-0.3, -0.25) is 9.59 Å². The summed E-state index contributed by atoms with van der Waals surface area (Å²) in [7, 11) is 0. The van der Waals surface area contributed by atoms with Crippen LogP contribution < -0.4 is 10.9 Å². The van der Waals surface area contributed by atoms with E-state index in [9.17, 15) is 29.4 Å². The van der Waals surface area contributed by atoms with Crippen molar-refractivity contribution in [1.29, 1.82) is 0 Å². The van der Waals surface area contributed by atoms with E-state index in [1.54, 1.807) is 67.6 Å². The van der Waals surface area contributed by atoms with E-state index in [2.05, 4.69) is 4.98 Å². The van der Waals surface area contributed by atoms with Crippen LogP contribution in [0.25, 0.3) is 44.3 Å². The van der Waals surface area contributed by atoms with Crippen molar-refractivity contribution in [2.45, 2.75) is 20.4 Å². The van der Waals surface area contributed by atoms with E-state index in [0.717, 1.165) is 5.56 Å². The lowest BCUT2D eigenvalue weighted by Crippen LogP contribution is -2.12. The number of nitrogens with one attached hydrogen (secondary N) is 1. The number of hydrogen-bond acceptors (Lipinski definition) is 7. The minimum atomic E-state index is -1.06. The SMILES string of the molecule is CCOC(=O)c1ccc2[nH]c(-c3cccc(O)c3)cc(=O)c2c1.CCn1c(-c2cccc(O)c2)cc(=O)c2cc(C(=O)O)ccc21. The molecule has 4 N–H and O–H groups in total. The number of pyridine rings is 2. The van der Waals surface area contributed by atoms with Crippen molar-refractivity contribution in [3.63, 3.8) is 0 Å². The van der Waals surface area contributed by atoms with E-state index in [1.165, 1.54) is 30.3 Å². The van der Waals surface area contributed by atoms with Gasteiger partial charge >= 0.3 is 11.9 Å². The van der Waals surface area contributed by atoms with Crippen LogP contribution in [0.5, 0.6) is 11.5 Å². The van der Waals surface area contributed by atoms with Crippen molar-refractivity contribution in [3.8, 4) is 34.0 Å². The molecular formula is C36H30N2O8. The van der Waals surface area contributed by atoms with E-state index in [1.807, 2.05) is 17.6 Å². The molecule has 232 valence electrons. The molecule has 0 unspecified atom stereocenters. The number of benzene rings is 4. The number of carboxylic acids is 1. The van der Waals surface area contributed by atoms with E-state index in [-0.39, 0.29) is 34.5 Å². The molecule has 0 aliphatic heterocycles. The summed E-state index contributed by atoms with van der Waals surface area (Å²) >= 11 is 0. The number of aromatic carboxylic acids is 1. The maximum atomic E-state index is 12.4. The molecule has 0 aliphatic rings. The Morgan fingerprint density at radius 3 is 2.02 bits per heavy atom. The third-order valence-corrected chi connectivity index (χ3v) is 7.31. The Morgan fingerprint density at radius 1 is 0.739 bits per heavy atom. The fourth-order valence-corrected chi connectivity index (χ4v) is 5.17. The first-order chi connectivity index (χ1) is 22.1. The number of H-pyrrole nitrogens is 1. The van der Waals surface area contributed by atoms with Gasteiger partial charge in [-0.05, 0) is 74.5 Å². The zero-order valence-corrected chi connectivity index (χ0v) is 25.0. The summed E-state index contributed by atoms with van der Waals surface area (Å²) in [4.78, 5) is 50.8. The largest absolute Gasteiger partial charge is 0.508 e. The van der Waals surface area contributed by atoms with Gasteiger partial charge in [0.25, 0.3) is 0 Å². The molecule has 0 bridgehead atoms. The van der Waals surface area contributed by atoms with Crippen molar-refractivity contribution in [2.75, 3.05) is 6.61 Å². The van der Waals surface area contributed by atoms with Crippen LogP contribution in [0.2, 0.25) is 0 Å². The highest BCUT2D eigenvalue weighted by atomic mass is 16.5. The number of nitrogens with zero attached hydrogens (tertiary/aromatic N) is 1. The van der Waals surface area contributed by atoms with Crippen molar-refractivity contribution < 1.29 is 29.6 Å². The molecule has 0 radical (unpaired) electrons. The van der Waals surface area contributed by atoms with Gasteiger partial charge in [-0.1, -0.05) is 24.3 Å². The van der Waals surface area contributed by atoms with Gasteiger partial charge in [0, 0.05) is 51.8 Å². The average Bonchev–Trinajstić information content (AvgIpc) is 3.04. The van der Waals surface area contributed by atoms with Gasteiger partial charge < -0.3 is 29.6 Å². The second-order valence-electron chi connectivity index (χ2n) is 10.3. The van der Waals surface area contributed by atoms with E-state index >= 15 is 0 Å². The Kier molecular flexibility index (Phi) is 8.99. The number of rotatable bonds is 6. The average molecular weight is 619 g/mol. The van der Waals surface area contributed by atoms with Crippen molar-refractivity contribution in [2.24, 2.45) is 0 Å². The van der Waals surface area contributed by atoms with Crippen molar-refractivity contribution >= 4 is 33.7 Å². The predicted molar refractivity (Wildman–Crippen MR) is 176 cm³/mol. The fourth-order valence-electron chi connectivity index (χ4n) is 5.17. The van der Waals surface area contributed by atoms with Crippen LogP contribution in [-0.4, -0.2) is 43.4 Å². The molecule has 6 aromatic rings. The van der Waals surface area contributed by atoms with Crippen LogP contribution in [0, 0.1) is 0 Å². The number of carboxylic acid groups (broad SMARTS) is 1. The number of phenols is 2. The summed E-state index contributed by atoms with van der Waals surface area (Å²) in [5, 5.41) is 29.1. The Labute approximate surface area is 262 Å². The molecule has 0 spiro atoms. The van der Waals surface area contributed by atoms with E-state index < -0.39 is 11.9 Å². The number of carbonyl (C=O) groups is 2. The monoisotopic (exact) mass is 618 g/mol. The number of aromatic nitrogens is 2. The summed E-state index contributed by atoms with van der Waals surface area (Å²) in [6.07, 6.45) is 0. The van der Waals surface area contributed by atoms with Gasteiger partial charge in [0.1, 0.15) is 11.5 Å². The smallest absolute Gasteiger partial charge is 0.338 e. The van der Waals surface area contributed by atoms with Crippen molar-refractivity contribution in [3.05, 3.63) is 129 Å². The molecule has 2 heterocycles. The number of phenolic OH excluding ortho intramolecular Hbond substituents is 2. The molecular weight excluding hydrogens is 588 g/mol. The first-order valence-electron chi connectivity index (χ1n) is 14.4. The van der Waals surface area contributed by atoms with Crippen LogP contribution in [-0.2, 0) is 11.3 Å². The van der Waals surface area contributed by atoms with Crippen LogP contribution in [0.15, 0.2) is 107 Å².